The van der Waals surface area contributed by atoms with E-state index in [9.17, 15) is 26.4 Å². The van der Waals surface area contributed by atoms with Gasteiger partial charge in [-0.05, 0) is 42.8 Å². The lowest BCUT2D eigenvalue weighted by atomic mass is 10.0. The molecule has 4 rings (SSSR count). The van der Waals surface area contributed by atoms with Crippen molar-refractivity contribution in [1.82, 2.24) is 9.71 Å². The minimum Gasteiger partial charge on any atom is -0.395 e. The largest absolute Gasteiger partial charge is 0.395 e. The SMILES string of the molecule is Cc1nc(N2C[C@H](F)CN(c3ccc(-c4cc(F)ccc4F)cc3)C2=O)sc1S(=O)(=O)NCCO. The van der Waals surface area contributed by atoms with Crippen molar-refractivity contribution >= 4 is 38.2 Å². The van der Waals surface area contributed by atoms with E-state index in [0.717, 1.165) is 34.4 Å². The molecule has 2 N–H and O–H groups in total. The number of aliphatic hydroxyl groups excluding tert-OH is 1. The van der Waals surface area contributed by atoms with Crippen LogP contribution in [0, 0.1) is 18.6 Å². The fourth-order valence-electron chi connectivity index (χ4n) is 3.65. The smallest absolute Gasteiger partial charge is 0.330 e. The Labute approximate surface area is 203 Å². The van der Waals surface area contributed by atoms with Gasteiger partial charge in [0.15, 0.2) is 9.34 Å². The zero-order chi connectivity index (χ0) is 25.3. The number of amides is 2. The number of carbonyl (C=O) groups excluding carboxylic acids is 1. The molecule has 1 fully saturated rings. The molecule has 1 aromatic heterocycles. The average Bonchev–Trinajstić information content (AvgIpc) is 3.23. The van der Waals surface area contributed by atoms with Gasteiger partial charge >= 0.3 is 6.03 Å². The van der Waals surface area contributed by atoms with Crippen molar-refractivity contribution in [1.29, 1.82) is 0 Å². The van der Waals surface area contributed by atoms with E-state index in [2.05, 4.69) is 9.71 Å². The van der Waals surface area contributed by atoms with Crippen molar-refractivity contribution in [3.8, 4) is 11.1 Å². The number of hydrogen-bond donors (Lipinski definition) is 2. The lowest BCUT2D eigenvalue weighted by Crippen LogP contribution is -2.55. The summed E-state index contributed by atoms with van der Waals surface area (Å²) in [6.45, 7) is 0.330. The summed E-state index contributed by atoms with van der Waals surface area (Å²) >= 11 is 0.720. The Morgan fingerprint density at radius 2 is 1.83 bits per heavy atom. The minimum absolute atomic E-state index is 0.0164. The Kier molecular flexibility index (Phi) is 7.12. The van der Waals surface area contributed by atoms with Gasteiger partial charge in [0.05, 0.1) is 25.4 Å². The van der Waals surface area contributed by atoms with E-state index in [4.69, 9.17) is 5.11 Å². The van der Waals surface area contributed by atoms with Crippen molar-refractivity contribution in [3.05, 3.63) is 59.8 Å². The molecule has 0 saturated carbocycles. The first-order chi connectivity index (χ1) is 16.6. The maximum atomic E-state index is 14.7. The van der Waals surface area contributed by atoms with E-state index in [-0.39, 0.29) is 40.2 Å². The van der Waals surface area contributed by atoms with Gasteiger partial charge in [0.25, 0.3) is 10.0 Å². The molecule has 186 valence electrons. The van der Waals surface area contributed by atoms with Gasteiger partial charge in [-0.3, -0.25) is 9.80 Å². The number of urea groups is 1. The monoisotopic (exact) mass is 526 g/mol. The number of sulfonamides is 1. The van der Waals surface area contributed by atoms with Crippen LogP contribution in [-0.4, -0.2) is 57.0 Å². The fourth-order valence-corrected chi connectivity index (χ4v) is 6.22. The molecule has 2 aromatic carbocycles. The molecule has 8 nitrogen and oxygen atoms in total. The Hall–Kier alpha value is -3.00. The number of aryl methyl sites for hydroxylation is 1. The molecular weight excluding hydrogens is 505 g/mol. The quantitative estimate of drug-likeness (QED) is 0.491. The van der Waals surface area contributed by atoms with Crippen molar-refractivity contribution < 1.29 is 31.5 Å². The molecule has 1 atom stereocenters. The molecule has 0 bridgehead atoms. The summed E-state index contributed by atoms with van der Waals surface area (Å²) in [6, 6.07) is 8.46. The van der Waals surface area contributed by atoms with Gasteiger partial charge in [0.2, 0.25) is 0 Å². The third-order valence-electron chi connectivity index (χ3n) is 5.26. The zero-order valence-corrected chi connectivity index (χ0v) is 20.0. The Morgan fingerprint density at radius 1 is 1.14 bits per heavy atom. The fraction of sp³-hybridized carbons (Fsp3) is 0.273. The number of benzene rings is 2. The van der Waals surface area contributed by atoms with Crippen molar-refractivity contribution in [3.63, 3.8) is 0 Å². The van der Waals surface area contributed by atoms with Crippen LogP contribution in [0.1, 0.15) is 5.69 Å². The number of anilines is 2. The van der Waals surface area contributed by atoms with Gasteiger partial charge in [-0.1, -0.05) is 23.5 Å². The number of nitrogens with one attached hydrogen (secondary N) is 1. The molecule has 35 heavy (non-hydrogen) atoms. The van der Waals surface area contributed by atoms with Crippen LogP contribution in [0.15, 0.2) is 46.7 Å². The number of carbonyl (C=O) groups is 1. The number of halogens is 3. The first-order valence-electron chi connectivity index (χ1n) is 10.5. The molecule has 0 spiro atoms. The predicted octanol–water partition coefficient (Wildman–Crippen LogP) is 3.45. The van der Waals surface area contributed by atoms with Gasteiger partial charge < -0.3 is 5.11 Å². The summed E-state index contributed by atoms with van der Waals surface area (Å²) in [7, 11) is -3.96. The lowest BCUT2D eigenvalue weighted by molar-refractivity contribution is 0.236. The molecule has 1 aliphatic rings. The number of aliphatic hydroxyl groups is 1. The van der Waals surface area contributed by atoms with Crippen LogP contribution in [0.25, 0.3) is 11.1 Å². The molecular formula is C22H21F3N4O4S2. The minimum atomic E-state index is -3.96. The van der Waals surface area contributed by atoms with Gasteiger partial charge in [-0.15, -0.1) is 0 Å². The van der Waals surface area contributed by atoms with Gasteiger partial charge in [-0.25, -0.2) is 36.1 Å². The molecule has 1 aliphatic heterocycles. The normalized spacial score (nSPS) is 16.7. The summed E-state index contributed by atoms with van der Waals surface area (Å²) in [5.41, 5.74) is 0.892. The van der Waals surface area contributed by atoms with Crippen LogP contribution >= 0.6 is 11.3 Å². The summed E-state index contributed by atoms with van der Waals surface area (Å²) in [5, 5.41) is 8.91. The number of hydrogen-bond acceptors (Lipinski definition) is 6. The van der Waals surface area contributed by atoms with Crippen LogP contribution in [0.4, 0.5) is 28.8 Å². The molecule has 3 aromatic rings. The third kappa shape index (κ3) is 5.17. The van der Waals surface area contributed by atoms with E-state index >= 15 is 0 Å². The number of alkyl halides is 1. The molecule has 2 amide bonds. The van der Waals surface area contributed by atoms with E-state index in [1.165, 1.54) is 36.1 Å². The molecule has 1 saturated heterocycles. The standard InChI is InChI=1S/C22H21F3N4O4S2/c1-13-20(35(32,33)26-8-9-30)34-21(27-13)29-12-16(24)11-28(22(29)31)17-5-2-14(3-6-17)18-10-15(23)4-7-19(18)25/h2-7,10,16,26,30H,8-9,11-12H2,1H3/t16-/m1/s1. The first-order valence-corrected chi connectivity index (χ1v) is 12.8. The molecule has 0 unspecified atom stereocenters. The number of thiazole rings is 1. The maximum Gasteiger partial charge on any atom is 0.330 e. The Balaban J connectivity index is 1.61. The second-order valence-electron chi connectivity index (χ2n) is 7.76. The van der Waals surface area contributed by atoms with E-state index in [0.29, 0.717) is 11.3 Å². The van der Waals surface area contributed by atoms with Gasteiger partial charge in [-0.2, -0.15) is 0 Å². The second-order valence-corrected chi connectivity index (χ2v) is 10.7. The third-order valence-corrected chi connectivity index (χ3v) is 8.51. The summed E-state index contributed by atoms with van der Waals surface area (Å²) in [5.74, 6) is -1.21. The van der Waals surface area contributed by atoms with Crippen molar-refractivity contribution in [2.45, 2.75) is 17.3 Å². The predicted molar refractivity (Wildman–Crippen MR) is 126 cm³/mol. The molecule has 0 radical (unpaired) electrons. The highest BCUT2D eigenvalue weighted by atomic mass is 32.2. The van der Waals surface area contributed by atoms with E-state index < -0.39 is 40.5 Å². The highest BCUT2D eigenvalue weighted by molar-refractivity contribution is 7.91. The first kappa shape index (κ1) is 25.1. The number of nitrogens with zero attached hydrogens (tertiary/aromatic N) is 3. The molecule has 2 heterocycles. The van der Waals surface area contributed by atoms with Crippen LogP contribution in [0.5, 0.6) is 0 Å². The van der Waals surface area contributed by atoms with Crippen LogP contribution < -0.4 is 14.5 Å². The Morgan fingerprint density at radius 3 is 2.51 bits per heavy atom. The number of aromatic nitrogens is 1. The van der Waals surface area contributed by atoms with E-state index in [1.807, 2.05) is 0 Å². The highest BCUT2D eigenvalue weighted by Gasteiger charge is 2.36. The van der Waals surface area contributed by atoms with Crippen LogP contribution in [0.2, 0.25) is 0 Å². The lowest BCUT2D eigenvalue weighted by Gasteiger charge is -2.36. The molecule has 0 aliphatic carbocycles. The zero-order valence-electron chi connectivity index (χ0n) is 18.4. The highest BCUT2D eigenvalue weighted by Crippen LogP contribution is 2.34. The summed E-state index contributed by atoms with van der Waals surface area (Å²) < 4.78 is 69.3. The number of rotatable bonds is 7. The van der Waals surface area contributed by atoms with Crippen LogP contribution in [-0.2, 0) is 10.0 Å². The Bertz CT molecular complexity index is 1350. The van der Waals surface area contributed by atoms with Gasteiger partial charge in [0, 0.05) is 17.8 Å². The average molecular weight is 527 g/mol. The van der Waals surface area contributed by atoms with E-state index in [1.54, 1.807) is 0 Å². The second kappa shape index (κ2) is 9.93. The topological polar surface area (TPSA) is 103 Å². The van der Waals surface area contributed by atoms with Crippen LogP contribution in [0.3, 0.4) is 0 Å². The maximum absolute atomic E-state index is 14.7. The molecule has 13 heteroatoms. The van der Waals surface area contributed by atoms with Crippen molar-refractivity contribution in [2.75, 3.05) is 36.0 Å². The summed E-state index contributed by atoms with van der Waals surface area (Å²) in [6.07, 6.45) is -1.45. The van der Waals surface area contributed by atoms with Crippen molar-refractivity contribution in [2.24, 2.45) is 0 Å². The summed E-state index contributed by atoms with van der Waals surface area (Å²) in [4.78, 5) is 19.6. The van der Waals surface area contributed by atoms with Gasteiger partial charge in [0.1, 0.15) is 17.8 Å².